The van der Waals surface area contributed by atoms with Gasteiger partial charge in [0.15, 0.2) is 6.10 Å². The quantitative estimate of drug-likeness (QED) is 0.0257. The summed E-state index contributed by atoms with van der Waals surface area (Å²) in [4.78, 5) is 37.7. The minimum atomic E-state index is -4.62. The third-order valence-electron chi connectivity index (χ3n) is 12.1. The SMILES string of the molecule is CCCCCCCCCCCCCCCCCCCCCCC(=O)OC(COC(=O)CCCCCCCCCCCCCCCCCCCC)COP(=O)([O-])OCC[N+](C)(C)C. The molecule has 0 heterocycles. The van der Waals surface area contributed by atoms with Crippen molar-refractivity contribution in [3.63, 3.8) is 0 Å². The first kappa shape index (κ1) is 61.0. The number of likely N-dealkylation sites (N-methyl/N-ethyl adjacent to an activating group) is 1. The van der Waals surface area contributed by atoms with E-state index in [0.29, 0.717) is 17.4 Å². The summed E-state index contributed by atoms with van der Waals surface area (Å²) in [6, 6.07) is 0. The van der Waals surface area contributed by atoms with Gasteiger partial charge in [0.25, 0.3) is 7.82 Å². The molecule has 2 unspecified atom stereocenters. The predicted octanol–water partition coefficient (Wildman–Crippen LogP) is 15.3. The molecule has 2 atom stereocenters. The zero-order chi connectivity index (χ0) is 45.7. The molecule has 0 spiro atoms. The van der Waals surface area contributed by atoms with Crippen LogP contribution in [0, 0.1) is 0 Å². The highest BCUT2D eigenvalue weighted by atomic mass is 31.2. The standard InChI is InChI=1S/C52H104NO8P/c1-6-8-10-12-14-16-18-20-22-24-26-27-29-31-33-35-37-39-41-43-45-52(55)61-50(49-60-62(56,57)59-47-46-53(3,4)5)48-58-51(54)44-42-40-38-36-34-32-30-28-25-23-21-19-17-15-13-11-9-7-2/h50H,6-49H2,1-5H3. The normalized spacial score (nSPS) is 13.3. The van der Waals surface area contributed by atoms with Crippen LogP contribution in [0.5, 0.6) is 0 Å². The number of rotatable bonds is 50. The minimum absolute atomic E-state index is 0.0252. The van der Waals surface area contributed by atoms with Crippen molar-refractivity contribution in [2.45, 2.75) is 277 Å². The van der Waals surface area contributed by atoms with Gasteiger partial charge in [-0.25, -0.2) is 0 Å². The minimum Gasteiger partial charge on any atom is -0.756 e. The highest BCUT2D eigenvalue weighted by Gasteiger charge is 2.21. The molecule has 0 aromatic heterocycles. The summed E-state index contributed by atoms with van der Waals surface area (Å²) in [6.45, 7) is 4.30. The van der Waals surface area contributed by atoms with Crippen molar-refractivity contribution in [3.05, 3.63) is 0 Å². The second kappa shape index (κ2) is 45.2. The number of carbonyl (C=O) groups is 2. The molecular weight excluding hydrogens is 798 g/mol. The van der Waals surface area contributed by atoms with Gasteiger partial charge in [0.1, 0.15) is 19.8 Å². The van der Waals surface area contributed by atoms with Crippen LogP contribution in [0.4, 0.5) is 0 Å². The zero-order valence-electron chi connectivity index (χ0n) is 41.9. The van der Waals surface area contributed by atoms with E-state index in [4.69, 9.17) is 18.5 Å². The number of hydrogen-bond acceptors (Lipinski definition) is 8. The molecule has 0 aliphatic heterocycles. The number of hydrogen-bond donors (Lipinski definition) is 0. The van der Waals surface area contributed by atoms with Gasteiger partial charge in [0.2, 0.25) is 0 Å². The lowest BCUT2D eigenvalue weighted by Crippen LogP contribution is -2.37. The first-order chi connectivity index (χ1) is 30.0. The highest BCUT2D eigenvalue weighted by Crippen LogP contribution is 2.38. The fourth-order valence-electron chi connectivity index (χ4n) is 7.95. The Kier molecular flexibility index (Phi) is 44.5. The molecule has 0 aromatic carbocycles. The van der Waals surface area contributed by atoms with Crippen LogP contribution in [0.1, 0.15) is 271 Å². The van der Waals surface area contributed by atoms with Crippen LogP contribution in [0.3, 0.4) is 0 Å². The number of ether oxygens (including phenoxy) is 2. The van der Waals surface area contributed by atoms with Gasteiger partial charge in [-0.05, 0) is 12.8 Å². The summed E-state index contributed by atoms with van der Waals surface area (Å²) in [7, 11) is 1.19. The van der Waals surface area contributed by atoms with E-state index in [-0.39, 0.29) is 32.0 Å². The van der Waals surface area contributed by atoms with Crippen molar-refractivity contribution in [1.29, 1.82) is 0 Å². The zero-order valence-corrected chi connectivity index (χ0v) is 42.7. The first-order valence-corrected chi connectivity index (χ1v) is 28.2. The molecule has 370 valence electrons. The fourth-order valence-corrected chi connectivity index (χ4v) is 8.68. The number of phosphoric acid groups is 1. The molecule has 9 nitrogen and oxygen atoms in total. The third-order valence-corrected chi connectivity index (χ3v) is 13.1. The van der Waals surface area contributed by atoms with Crippen LogP contribution in [-0.2, 0) is 32.7 Å². The number of quaternary nitrogens is 1. The fraction of sp³-hybridized carbons (Fsp3) is 0.962. The molecule has 0 fully saturated rings. The van der Waals surface area contributed by atoms with E-state index >= 15 is 0 Å². The van der Waals surface area contributed by atoms with Crippen LogP contribution >= 0.6 is 7.82 Å². The molecule has 0 aliphatic rings. The van der Waals surface area contributed by atoms with Gasteiger partial charge < -0.3 is 27.9 Å². The summed E-state index contributed by atoms with van der Waals surface area (Å²) in [5, 5.41) is 0. The lowest BCUT2D eigenvalue weighted by molar-refractivity contribution is -0.870. The van der Waals surface area contributed by atoms with E-state index in [1.807, 2.05) is 21.1 Å². The largest absolute Gasteiger partial charge is 0.756 e. The van der Waals surface area contributed by atoms with E-state index in [1.165, 1.54) is 205 Å². The van der Waals surface area contributed by atoms with Gasteiger partial charge in [-0.3, -0.25) is 14.2 Å². The average molecular weight is 902 g/mol. The predicted molar refractivity (Wildman–Crippen MR) is 259 cm³/mol. The smallest absolute Gasteiger partial charge is 0.306 e. The summed E-state index contributed by atoms with van der Waals surface area (Å²) in [5.74, 6) is -0.812. The summed E-state index contributed by atoms with van der Waals surface area (Å²) in [5.41, 5.74) is 0. The molecule has 0 aromatic rings. The van der Waals surface area contributed by atoms with Crippen LogP contribution in [-0.4, -0.2) is 70.0 Å². The summed E-state index contributed by atoms with van der Waals surface area (Å²) in [6.07, 6.45) is 48.4. The number of nitrogens with zero attached hydrogens (tertiary/aromatic N) is 1. The van der Waals surface area contributed by atoms with Crippen LogP contribution in [0.15, 0.2) is 0 Å². The maximum absolute atomic E-state index is 12.8. The number of phosphoric ester groups is 1. The van der Waals surface area contributed by atoms with Crippen molar-refractivity contribution in [1.82, 2.24) is 0 Å². The molecule has 0 saturated carbocycles. The third kappa shape index (κ3) is 48.5. The second-order valence-electron chi connectivity index (χ2n) is 19.6. The molecule has 0 radical (unpaired) electrons. The maximum atomic E-state index is 12.8. The van der Waals surface area contributed by atoms with Crippen molar-refractivity contribution in [2.75, 3.05) is 47.5 Å². The molecule has 0 bridgehead atoms. The van der Waals surface area contributed by atoms with Gasteiger partial charge >= 0.3 is 11.9 Å². The molecule has 0 saturated heterocycles. The average Bonchev–Trinajstić information content (AvgIpc) is 3.23. The lowest BCUT2D eigenvalue weighted by Gasteiger charge is -2.28. The second-order valence-corrected chi connectivity index (χ2v) is 21.0. The first-order valence-electron chi connectivity index (χ1n) is 26.7. The van der Waals surface area contributed by atoms with E-state index in [0.717, 1.165) is 32.1 Å². The van der Waals surface area contributed by atoms with Crippen molar-refractivity contribution in [3.8, 4) is 0 Å². The Hall–Kier alpha value is -0.990. The number of unbranched alkanes of at least 4 members (excludes halogenated alkanes) is 36. The van der Waals surface area contributed by atoms with E-state index in [1.54, 1.807) is 0 Å². The molecule has 0 rings (SSSR count). The Labute approximate surface area is 384 Å². The van der Waals surface area contributed by atoms with Crippen LogP contribution < -0.4 is 4.89 Å². The van der Waals surface area contributed by atoms with E-state index in [9.17, 15) is 19.0 Å². The van der Waals surface area contributed by atoms with Crippen LogP contribution in [0.25, 0.3) is 0 Å². The van der Waals surface area contributed by atoms with Crippen molar-refractivity contribution in [2.24, 2.45) is 0 Å². The van der Waals surface area contributed by atoms with E-state index < -0.39 is 26.5 Å². The molecule has 62 heavy (non-hydrogen) atoms. The van der Waals surface area contributed by atoms with Crippen molar-refractivity contribution >= 4 is 19.8 Å². The van der Waals surface area contributed by atoms with Crippen molar-refractivity contribution < 1.29 is 42.1 Å². The monoisotopic (exact) mass is 902 g/mol. The van der Waals surface area contributed by atoms with E-state index in [2.05, 4.69) is 13.8 Å². The Bertz CT molecular complexity index is 1020. The number of carbonyl (C=O) groups excluding carboxylic acids is 2. The van der Waals surface area contributed by atoms with Gasteiger partial charge in [0, 0.05) is 12.8 Å². The van der Waals surface area contributed by atoms with Crippen LogP contribution in [0.2, 0.25) is 0 Å². The Morgan fingerprint density at radius 1 is 0.435 bits per heavy atom. The summed E-state index contributed by atoms with van der Waals surface area (Å²) >= 11 is 0. The Morgan fingerprint density at radius 3 is 1.03 bits per heavy atom. The Balaban J connectivity index is 4.17. The molecule has 0 N–H and O–H groups in total. The lowest BCUT2D eigenvalue weighted by atomic mass is 10.0. The van der Waals surface area contributed by atoms with Gasteiger partial charge in [0.05, 0.1) is 27.7 Å². The number of esters is 2. The Morgan fingerprint density at radius 2 is 0.726 bits per heavy atom. The highest BCUT2D eigenvalue weighted by molar-refractivity contribution is 7.45. The van der Waals surface area contributed by atoms with Gasteiger partial charge in [-0.15, -0.1) is 0 Å². The topological polar surface area (TPSA) is 111 Å². The molecular formula is C52H104NO8P. The maximum Gasteiger partial charge on any atom is 0.306 e. The molecule has 0 aliphatic carbocycles. The molecule has 10 heteroatoms. The van der Waals surface area contributed by atoms with Gasteiger partial charge in [-0.2, -0.15) is 0 Å². The van der Waals surface area contributed by atoms with Gasteiger partial charge in [-0.1, -0.05) is 245 Å². The summed E-state index contributed by atoms with van der Waals surface area (Å²) < 4.78 is 34.1. The molecule has 0 amide bonds.